The van der Waals surface area contributed by atoms with Crippen LogP contribution in [0.25, 0.3) is 0 Å². The number of benzene rings is 2. The number of amides is 1. The van der Waals surface area contributed by atoms with Crippen LogP contribution in [0.5, 0.6) is 0 Å². The maximum absolute atomic E-state index is 13.4. The lowest BCUT2D eigenvalue weighted by Crippen LogP contribution is -2.18. The molecule has 0 aliphatic carbocycles. The summed E-state index contributed by atoms with van der Waals surface area (Å²) in [6.07, 6.45) is 0.113. The number of rotatable bonds is 5. The molecule has 1 amide bonds. The molecule has 0 bridgehead atoms. The van der Waals surface area contributed by atoms with Crippen molar-refractivity contribution in [2.45, 2.75) is 20.3 Å². The van der Waals surface area contributed by atoms with Gasteiger partial charge in [-0.2, -0.15) is 0 Å². The van der Waals surface area contributed by atoms with Crippen molar-refractivity contribution in [1.82, 2.24) is 0 Å². The Morgan fingerprint density at radius 2 is 1.50 bits per heavy atom. The highest BCUT2D eigenvalue weighted by atomic mass is 19.1. The van der Waals surface area contributed by atoms with Crippen LogP contribution < -0.4 is 10.6 Å². The molecule has 0 fully saturated rings. The first-order chi connectivity index (χ1) is 10.5. The van der Waals surface area contributed by atoms with Gasteiger partial charge in [-0.25, -0.2) is 8.78 Å². The standard InChI is InChI=1S/C17H18F2N2O/c1-11-5-3-6-12(2)16(11)21-15(22)9-10-20-17-13(18)7-4-8-14(17)19/h3-8,20H,9-10H2,1-2H3,(H,21,22). The molecule has 0 aliphatic rings. The number of anilines is 2. The second kappa shape index (κ2) is 7.02. The molecule has 0 spiro atoms. The summed E-state index contributed by atoms with van der Waals surface area (Å²) in [6, 6.07) is 9.38. The molecule has 2 N–H and O–H groups in total. The van der Waals surface area contributed by atoms with Gasteiger partial charge in [0.1, 0.15) is 17.3 Å². The van der Waals surface area contributed by atoms with E-state index in [-0.39, 0.29) is 24.6 Å². The minimum atomic E-state index is -0.671. The third-order valence-corrected chi connectivity index (χ3v) is 3.36. The van der Waals surface area contributed by atoms with Crippen molar-refractivity contribution < 1.29 is 13.6 Å². The van der Waals surface area contributed by atoms with Crippen LogP contribution in [0.15, 0.2) is 36.4 Å². The average molecular weight is 304 g/mol. The monoisotopic (exact) mass is 304 g/mol. The van der Waals surface area contributed by atoms with E-state index in [4.69, 9.17) is 0 Å². The molecule has 0 saturated carbocycles. The number of hydrogen-bond acceptors (Lipinski definition) is 2. The minimum Gasteiger partial charge on any atom is -0.380 e. The maximum Gasteiger partial charge on any atom is 0.226 e. The van der Waals surface area contributed by atoms with Gasteiger partial charge >= 0.3 is 0 Å². The first-order valence-electron chi connectivity index (χ1n) is 7.03. The number of carbonyl (C=O) groups is 1. The van der Waals surface area contributed by atoms with E-state index in [2.05, 4.69) is 10.6 Å². The fourth-order valence-electron chi connectivity index (χ4n) is 2.18. The number of para-hydroxylation sites is 2. The van der Waals surface area contributed by atoms with Crippen molar-refractivity contribution in [2.24, 2.45) is 0 Å². The molecule has 22 heavy (non-hydrogen) atoms. The Labute approximate surface area is 128 Å². The van der Waals surface area contributed by atoms with Crippen molar-refractivity contribution in [3.05, 3.63) is 59.2 Å². The van der Waals surface area contributed by atoms with Crippen LogP contribution in [-0.2, 0) is 4.79 Å². The van der Waals surface area contributed by atoms with Gasteiger partial charge in [-0.15, -0.1) is 0 Å². The first kappa shape index (κ1) is 15.9. The smallest absolute Gasteiger partial charge is 0.226 e. The maximum atomic E-state index is 13.4. The number of aryl methyl sites for hydroxylation is 2. The lowest BCUT2D eigenvalue weighted by molar-refractivity contribution is -0.116. The topological polar surface area (TPSA) is 41.1 Å². The second-order valence-corrected chi connectivity index (χ2v) is 5.09. The van der Waals surface area contributed by atoms with Gasteiger partial charge in [-0.3, -0.25) is 4.79 Å². The molecule has 2 aromatic rings. The Morgan fingerprint density at radius 1 is 0.955 bits per heavy atom. The zero-order valence-corrected chi connectivity index (χ0v) is 12.5. The highest BCUT2D eigenvalue weighted by Gasteiger charge is 2.10. The summed E-state index contributed by atoms with van der Waals surface area (Å²) in [5, 5.41) is 5.44. The molecular weight excluding hydrogens is 286 g/mol. The van der Waals surface area contributed by atoms with Crippen LogP contribution in [-0.4, -0.2) is 12.5 Å². The fraction of sp³-hybridized carbons (Fsp3) is 0.235. The lowest BCUT2D eigenvalue weighted by Gasteiger charge is -2.12. The molecule has 5 heteroatoms. The van der Waals surface area contributed by atoms with Crippen molar-refractivity contribution in [2.75, 3.05) is 17.2 Å². The highest BCUT2D eigenvalue weighted by Crippen LogP contribution is 2.20. The average Bonchev–Trinajstić information content (AvgIpc) is 2.46. The minimum absolute atomic E-state index is 0.113. The van der Waals surface area contributed by atoms with Crippen LogP contribution >= 0.6 is 0 Å². The molecule has 0 atom stereocenters. The van der Waals surface area contributed by atoms with E-state index in [0.717, 1.165) is 16.8 Å². The van der Waals surface area contributed by atoms with Crippen molar-refractivity contribution in [3.63, 3.8) is 0 Å². The van der Waals surface area contributed by atoms with E-state index in [0.29, 0.717) is 0 Å². The van der Waals surface area contributed by atoms with Gasteiger partial charge in [0.25, 0.3) is 0 Å². The predicted molar refractivity (Wildman–Crippen MR) is 84.0 cm³/mol. The summed E-state index contributed by atoms with van der Waals surface area (Å²) in [5.74, 6) is -1.55. The molecule has 116 valence electrons. The van der Waals surface area contributed by atoms with E-state index < -0.39 is 11.6 Å². The summed E-state index contributed by atoms with van der Waals surface area (Å²) in [5.41, 5.74) is 2.52. The van der Waals surface area contributed by atoms with E-state index >= 15 is 0 Å². The van der Waals surface area contributed by atoms with Crippen LogP contribution in [0, 0.1) is 25.5 Å². The lowest BCUT2D eigenvalue weighted by atomic mass is 10.1. The molecule has 0 radical (unpaired) electrons. The number of nitrogens with one attached hydrogen (secondary N) is 2. The molecule has 0 unspecified atom stereocenters. The van der Waals surface area contributed by atoms with Gasteiger partial charge in [-0.1, -0.05) is 24.3 Å². The molecule has 2 aromatic carbocycles. The molecule has 3 nitrogen and oxygen atoms in total. The predicted octanol–water partition coefficient (Wildman–Crippen LogP) is 4.02. The Bertz CT molecular complexity index is 646. The number of halogens is 2. The molecule has 0 aromatic heterocycles. The third kappa shape index (κ3) is 3.81. The molecule has 0 heterocycles. The summed E-state index contributed by atoms with van der Waals surface area (Å²) < 4.78 is 26.8. The first-order valence-corrected chi connectivity index (χ1v) is 7.03. The molecule has 0 aliphatic heterocycles. The van der Waals surface area contributed by atoms with Crippen molar-refractivity contribution in [1.29, 1.82) is 0 Å². The second-order valence-electron chi connectivity index (χ2n) is 5.09. The van der Waals surface area contributed by atoms with E-state index in [9.17, 15) is 13.6 Å². The largest absolute Gasteiger partial charge is 0.380 e. The van der Waals surface area contributed by atoms with Crippen LogP contribution in [0.4, 0.5) is 20.2 Å². The zero-order valence-electron chi connectivity index (χ0n) is 12.5. The molecule has 0 saturated heterocycles. The molecular formula is C17H18F2N2O. The Kier molecular flexibility index (Phi) is 5.09. The van der Waals surface area contributed by atoms with Crippen LogP contribution in [0.3, 0.4) is 0 Å². The normalized spacial score (nSPS) is 10.4. The Balaban J connectivity index is 1.91. The molecule has 2 rings (SSSR count). The van der Waals surface area contributed by atoms with Gasteiger partial charge in [0, 0.05) is 18.7 Å². The van der Waals surface area contributed by atoms with Gasteiger partial charge in [-0.05, 0) is 37.1 Å². The summed E-state index contributed by atoms with van der Waals surface area (Å²) in [6.45, 7) is 3.97. The summed E-state index contributed by atoms with van der Waals surface area (Å²) in [4.78, 5) is 11.9. The zero-order chi connectivity index (χ0) is 16.1. The Morgan fingerprint density at radius 3 is 2.09 bits per heavy atom. The number of hydrogen-bond donors (Lipinski definition) is 2. The third-order valence-electron chi connectivity index (χ3n) is 3.36. The van der Waals surface area contributed by atoms with E-state index in [1.165, 1.54) is 18.2 Å². The number of carbonyl (C=O) groups excluding carboxylic acids is 1. The quantitative estimate of drug-likeness (QED) is 0.876. The summed E-state index contributed by atoms with van der Waals surface area (Å²) >= 11 is 0. The van der Waals surface area contributed by atoms with E-state index in [1.54, 1.807) is 0 Å². The fourth-order valence-corrected chi connectivity index (χ4v) is 2.18. The van der Waals surface area contributed by atoms with Gasteiger partial charge in [0.2, 0.25) is 5.91 Å². The SMILES string of the molecule is Cc1cccc(C)c1NC(=O)CCNc1c(F)cccc1F. The van der Waals surface area contributed by atoms with Crippen LogP contribution in [0.2, 0.25) is 0 Å². The Hall–Kier alpha value is -2.43. The van der Waals surface area contributed by atoms with Crippen molar-refractivity contribution in [3.8, 4) is 0 Å². The van der Waals surface area contributed by atoms with Crippen LogP contribution in [0.1, 0.15) is 17.5 Å². The van der Waals surface area contributed by atoms with Gasteiger partial charge < -0.3 is 10.6 Å². The van der Waals surface area contributed by atoms with Crippen molar-refractivity contribution >= 4 is 17.3 Å². The van der Waals surface area contributed by atoms with E-state index in [1.807, 2.05) is 32.0 Å². The van der Waals surface area contributed by atoms with Gasteiger partial charge in [0.05, 0.1) is 0 Å². The highest BCUT2D eigenvalue weighted by molar-refractivity contribution is 5.92. The van der Waals surface area contributed by atoms with Gasteiger partial charge in [0.15, 0.2) is 0 Å². The summed E-state index contributed by atoms with van der Waals surface area (Å²) in [7, 11) is 0.